The van der Waals surface area contributed by atoms with Crippen molar-refractivity contribution >= 4 is 22.8 Å². The molecular formula is C11H9ClF6N4O2. The van der Waals surface area contributed by atoms with Gasteiger partial charge in [0.05, 0.1) is 0 Å². The maximum absolute atomic E-state index is 12.6. The molecule has 0 aliphatic heterocycles. The van der Waals surface area contributed by atoms with Gasteiger partial charge in [0.2, 0.25) is 5.28 Å². The summed E-state index contributed by atoms with van der Waals surface area (Å²) in [5.74, 6) is 0. The van der Waals surface area contributed by atoms with Crippen LogP contribution in [-0.4, -0.2) is 31.5 Å². The highest BCUT2D eigenvalue weighted by atomic mass is 35.5. The van der Waals surface area contributed by atoms with Crippen LogP contribution < -0.4 is 11.2 Å². The number of fused-ring (bicyclic) bond motifs is 1. The zero-order chi connectivity index (χ0) is 18.3. The van der Waals surface area contributed by atoms with Gasteiger partial charge in [-0.15, -0.1) is 0 Å². The number of rotatable bonds is 4. The van der Waals surface area contributed by atoms with E-state index in [9.17, 15) is 35.9 Å². The van der Waals surface area contributed by atoms with Crippen molar-refractivity contribution in [2.24, 2.45) is 0 Å². The third-order valence-corrected chi connectivity index (χ3v) is 3.19. The number of hydrogen-bond donors (Lipinski definition) is 1. The normalized spacial score (nSPS) is 13.0. The fraction of sp³-hybridized carbons (Fsp3) is 0.545. The minimum Gasteiger partial charge on any atom is -0.323 e. The van der Waals surface area contributed by atoms with E-state index in [0.29, 0.717) is 4.57 Å². The van der Waals surface area contributed by atoms with Crippen LogP contribution in [-0.2, 0) is 13.1 Å². The molecule has 13 heteroatoms. The second-order valence-corrected chi connectivity index (χ2v) is 5.24. The number of aromatic nitrogens is 4. The van der Waals surface area contributed by atoms with E-state index in [4.69, 9.17) is 11.6 Å². The molecule has 2 aromatic heterocycles. The summed E-state index contributed by atoms with van der Waals surface area (Å²) in [6.07, 6.45) is -11.3. The van der Waals surface area contributed by atoms with Crippen molar-refractivity contribution in [1.29, 1.82) is 0 Å². The van der Waals surface area contributed by atoms with Gasteiger partial charge in [-0.3, -0.25) is 13.9 Å². The van der Waals surface area contributed by atoms with Crippen molar-refractivity contribution in [3.05, 3.63) is 26.1 Å². The Morgan fingerprint density at radius 1 is 1.04 bits per heavy atom. The first-order chi connectivity index (χ1) is 10.9. The van der Waals surface area contributed by atoms with Crippen LogP contribution in [0.15, 0.2) is 9.59 Å². The molecule has 2 heterocycles. The molecule has 2 aromatic rings. The number of hydrogen-bond acceptors (Lipinski definition) is 3. The minimum absolute atomic E-state index is 0.146. The summed E-state index contributed by atoms with van der Waals surface area (Å²) in [4.78, 5) is 29.8. The predicted octanol–water partition coefficient (Wildman–Crippen LogP) is 2.44. The average molecular weight is 379 g/mol. The van der Waals surface area contributed by atoms with Gasteiger partial charge in [-0.05, 0) is 18.0 Å². The van der Waals surface area contributed by atoms with Crippen molar-refractivity contribution in [3.63, 3.8) is 0 Å². The molecule has 0 atom stereocenters. The zero-order valence-corrected chi connectivity index (χ0v) is 12.4. The lowest BCUT2D eigenvalue weighted by molar-refractivity contribution is -0.140. The Bertz CT molecular complexity index is 863. The first-order valence-electron chi connectivity index (χ1n) is 6.41. The highest BCUT2D eigenvalue weighted by molar-refractivity contribution is 6.28. The standard InChI is InChI=1S/C11H9ClF6N4O2/c12-8-19-5-6(20-8)22(4-11(16,17)18)9(24)21(7(5)23)3-1-2-10(13,14)15/h1-4H2,(H,19,20). The van der Waals surface area contributed by atoms with E-state index in [1.165, 1.54) is 0 Å². The summed E-state index contributed by atoms with van der Waals surface area (Å²) in [6.45, 7) is -2.45. The summed E-state index contributed by atoms with van der Waals surface area (Å²) in [6, 6.07) is 0. The lowest BCUT2D eigenvalue weighted by atomic mass is 10.3. The quantitative estimate of drug-likeness (QED) is 0.656. The number of H-pyrrole nitrogens is 1. The molecule has 134 valence electrons. The summed E-state index contributed by atoms with van der Waals surface area (Å²) < 4.78 is 74.8. The van der Waals surface area contributed by atoms with Crippen LogP contribution in [0.25, 0.3) is 11.2 Å². The van der Waals surface area contributed by atoms with Crippen LogP contribution >= 0.6 is 11.6 Å². The lowest BCUT2D eigenvalue weighted by Crippen LogP contribution is -2.42. The highest BCUT2D eigenvalue weighted by Gasteiger charge is 2.32. The molecule has 0 aliphatic carbocycles. The third-order valence-electron chi connectivity index (χ3n) is 3.01. The van der Waals surface area contributed by atoms with Gasteiger partial charge in [-0.1, -0.05) is 0 Å². The molecule has 0 radical (unpaired) electrons. The Labute approximate surface area is 133 Å². The molecule has 0 spiro atoms. The van der Waals surface area contributed by atoms with E-state index in [1.807, 2.05) is 0 Å². The molecule has 1 N–H and O–H groups in total. The van der Waals surface area contributed by atoms with Gasteiger partial charge in [-0.2, -0.15) is 31.3 Å². The molecule has 0 saturated carbocycles. The van der Waals surface area contributed by atoms with Gasteiger partial charge < -0.3 is 4.98 Å². The molecule has 0 bridgehead atoms. The molecule has 0 saturated heterocycles. The van der Waals surface area contributed by atoms with Gasteiger partial charge in [0.25, 0.3) is 5.56 Å². The Kier molecular flexibility index (Phi) is 4.70. The number of nitrogens with one attached hydrogen (secondary N) is 1. The Balaban J connectivity index is 2.55. The molecule has 0 fully saturated rings. The smallest absolute Gasteiger partial charge is 0.323 e. The van der Waals surface area contributed by atoms with E-state index in [1.54, 1.807) is 0 Å². The molecule has 6 nitrogen and oxygen atoms in total. The molecule has 0 aromatic carbocycles. The van der Waals surface area contributed by atoms with Crippen LogP contribution in [0.4, 0.5) is 26.3 Å². The second-order valence-electron chi connectivity index (χ2n) is 4.89. The van der Waals surface area contributed by atoms with E-state index < -0.39 is 66.0 Å². The van der Waals surface area contributed by atoms with Crippen LogP contribution in [0.2, 0.25) is 5.28 Å². The van der Waals surface area contributed by atoms with E-state index in [0.717, 1.165) is 0 Å². The van der Waals surface area contributed by atoms with Crippen LogP contribution in [0.3, 0.4) is 0 Å². The van der Waals surface area contributed by atoms with Crippen molar-refractivity contribution in [3.8, 4) is 0 Å². The van der Waals surface area contributed by atoms with Gasteiger partial charge >= 0.3 is 18.0 Å². The first kappa shape index (κ1) is 18.4. The van der Waals surface area contributed by atoms with E-state index in [-0.39, 0.29) is 4.57 Å². The highest BCUT2D eigenvalue weighted by Crippen LogP contribution is 2.22. The average Bonchev–Trinajstić information content (AvgIpc) is 2.78. The van der Waals surface area contributed by atoms with Crippen molar-refractivity contribution in [2.45, 2.75) is 38.3 Å². The largest absolute Gasteiger partial charge is 0.406 e. The molecule has 0 aliphatic rings. The van der Waals surface area contributed by atoms with Crippen LogP contribution in [0.1, 0.15) is 12.8 Å². The van der Waals surface area contributed by atoms with E-state index in [2.05, 4.69) is 9.97 Å². The molecular weight excluding hydrogens is 370 g/mol. The number of aromatic amines is 1. The molecule has 0 unspecified atom stereocenters. The van der Waals surface area contributed by atoms with Gasteiger partial charge in [-0.25, -0.2) is 4.79 Å². The second kappa shape index (κ2) is 6.15. The van der Waals surface area contributed by atoms with Gasteiger partial charge in [0.1, 0.15) is 6.54 Å². The summed E-state index contributed by atoms with van der Waals surface area (Å²) >= 11 is 5.51. The van der Waals surface area contributed by atoms with E-state index >= 15 is 0 Å². The maximum Gasteiger partial charge on any atom is 0.406 e. The fourth-order valence-corrected chi connectivity index (χ4v) is 2.27. The van der Waals surface area contributed by atoms with Crippen molar-refractivity contribution in [1.82, 2.24) is 19.1 Å². The zero-order valence-electron chi connectivity index (χ0n) is 11.6. The number of alkyl halides is 6. The van der Waals surface area contributed by atoms with Gasteiger partial charge in [0.15, 0.2) is 11.2 Å². The summed E-state index contributed by atoms with van der Waals surface area (Å²) in [5.41, 5.74) is -3.60. The molecule has 0 amide bonds. The number of halogens is 7. The molecule has 24 heavy (non-hydrogen) atoms. The number of imidazole rings is 1. The topological polar surface area (TPSA) is 72.7 Å². The predicted molar refractivity (Wildman–Crippen MR) is 71.0 cm³/mol. The maximum atomic E-state index is 12.6. The Morgan fingerprint density at radius 2 is 1.67 bits per heavy atom. The fourth-order valence-electron chi connectivity index (χ4n) is 2.10. The van der Waals surface area contributed by atoms with Crippen LogP contribution in [0, 0.1) is 0 Å². The SMILES string of the molecule is O=c1c2[nH]c(Cl)nc2n(CC(F)(F)F)c(=O)n1CCCC(F)(F)F. The Hall–Kier alpha value is -1.98. The summed E-state index contributed by atoms with van der Waals surface area (Å²) in [5, 5.41) is -0.425. The third kappa shape index (κ3) is 4.10. The molecule has 2 rings (SSSR count). The summed E-state index contributed by atoms with van der Waals surface area (Å²) in [7, 11) is 0. The van der Waals surface area contributed by atoms with Crippen molar-refractivity contribution in [2.75, 3.05) is 0 Å². The van der Waals surface area contributed by atoms with Crippen molar-refractivity contribution < 1.29 is 26.3 Å². The van der Waals surface area contributed by atoms with Gasteiger partial charge in [0, 0.05) is 13.0 Å². The van der Waals surface area contributed by atoms with Crippen LogP contribution in [0.5, 0.6) is 0 Å². The monoisotopic (exact) mass is 378 g/mol. The first-order valence-corrected chi connectivity index (χ1v) is 6.79. The minimum atomic E-state index is -4.81. The lowest BCUT2D eigenvalue weighted by Gasteiger charge is -2.13. The Morgan fingerprint density at radius 3 is 2.21 bits per heavy atom. The number of nitrogens with zero attached hydrogens (tertiary/aromatic N) is 3.